The van der Waals surface area contributed by atoms with Crippen molar-refractivity contribution in [3.05, 3.63) is 90.0 Å². The van der Waals surface area contributed by atoms with Gasteiger partial charge in [0, 0.05) is 42.0 Å². The molecule has 2 aromatic carbocycles. The lowest BCUT2D eigenvalue weighted by atomic mass is 10.1. The average molecular weight is 457 g/mol. The molecule has 1 aliphatic rings. The predicted molar refractivity (Wildman–Crippen MR) is 133 cm³/mol. The smallest absolute Gasteiger partial charge is 0.268 e. The Hall–Kier alpha value is -4.04. The van der Waals surface area contributed by atoms with Crippen LogP contribution in [0.15, 0.2) is 82.4 Å². The number of aliphatic imine (C=N–C) groups is 1. The molecule has 1 fully saturated rings. The molecule has 8 heteroatoms. The van der Waals surface area contributed by atoms with Gasteiger partial charge in [-0.3, -0.25) is 4.79 Å². The molecule has 0 spiro atoms. The van der Waals surface area contributed by atoms with E-state index in [2.05, 4.69) is 27.1 Å². The Labute approximate surface area is 198 Å². The van der Waals surface area contributed by atoms with Crippen LogP contribution in [-0.4, -0.2) is 52.9 Å². The minimum atomic E-state index is 0.0324. The number of carbonyl (C=O) groups is 1. The molecule has 2 heterocycles. The fourth-order valence-corrected chi connectivity index (χ4v) is 3.68. The summed E-state index contributed by atoms with van der Waals surface area (Å²) in [6, 6.07) is 16.8. The van der Waals surface area contributed by atoms with E-state index in [1.165, 1.54) is 0 Å². The number of hydrogen-bond donors (Lipinski definition) is 2. The zero-order valence-electron chi connectivity index (χ0n) is 19.2. The van der Waals surface area contributed by atoms with Gasteiger partial charge in [-0.25, -0.2) is 4.99 Å². The van der Waals surface area contributed by atoms with Crippen molar-refractivity contribution in [3.63, 3.8) is 0 Å². The highest BCUT2D eigenvalue weighted by Crippen LogP contribution is 2.24. The highest BCUT2D eigenvalue weighted by atomic mass is 16.4. The van der Waals surface area contributed by atoms with Gasteiger partial charge in [0.15, 0.2) is 0 Å². The number of allylic oxidation sites excluding steroid dienone is 2. The van der Waals surface area contributed by atoms with Gasteiger partial charge in [-0.05, 0) is 50.2 Å². The normalized spacial score (nSPS) is 15.4. The number of benzene rings is 2. The zero-order chi connectivity index (χ0) is 23.9. The highest BCUT2D eigenvalue weighted by Gasteiger charge is 2.18. The van der Waals surface area contributed by atoms with Crippen LogP contribution in [0.3, 0.4) is 0 Å². The summed E-state index contributed by atoms with van der Waals surface area (Å²) in [6.07, 6.45) is 2.58. The number of aromatic nitrogens is 2. The van der Waals surface area contributed by atoms with Crippen LogP contribution in [0.2, 0.25) is 0 Å². The molecule has 1 aromatic heterocycles. The molecular formula is C26H28N6O2. The molecule has 3 N–H and O–H groups in total. The molecule has 174 valence electrons. The lowest BCUT2D eigenvalue weighted by molar-refractivity contribution is 0.0766. The van der Waals surface area contributed by atoms with Gasteiger partial charge < -0.3 is 20.4 Å². The quantitative estimate of drug-likeness (QED) is 0.550. The molecule has 0 atom stereocenters. The molecule has 34 heavy (non-hydrogen) atoms. The Morgan fingerprint density at radius 3 is 2.53 bits per heavy atom. The van der Waals surface area contributed by atoms with E-state index >= 15 is 0 Å². The summed E-state index contributed by atoms with van der Waals surface area (Å²) in [7, 11) is 0. The molecule has 0 aliphatic carbocycles. The molecule has 0 bridgehead atoms. The Balaban J connectivity index is 1.58. The Morgan fingerprint density at radius 1 is 1.09 bits per heavy atom. The summed E-state index contributed by atoms with van der Waals surface area (Å²) in [4.78, 5) is 19.4. The summed E-state index contributed by atoms with van der Waals surface area (Å²) in [5.41, 5.74) is 9.75. The molecule has 1 amide bonds. The van der Waals surface area contributed by atoms with Crippen LogP contribution in [0.4, 0.5) is 0 Å². The molecule has 1 saturated heterocycles. The molecule has 4 rings (SSSR count). The van der Waals surface area contributed by atoms with Crippen molar-refractivity contribution < 1.29 is 9.21 Å². The van der Waals surface area contributed by atoms with Gasteiger partial charge in [0.2, 0.25) is 5.89 Å². The third-order valence-corrected chi connectivity index (χ3v) is 5.50. The van der Waals surface area contributed by atoms with E-state index in [4.69, 9.17) is 10.2 Å². The third kappa shape index (κ3) is 5.29. The lowest BCUT2D eigenvalue weighted by Crippen LogP contribution is -2.34. The summed E-state index contributed by atoms with van der Waals surface area (Å²) in [5.74, 6) is 0.640. The summed E-state index contributed by atoms with van der Waals surface area (Å²) >= 11 is 0. The molecule has 8 nitrogen and oxygen atoms in total. The predicted octanol–water partition coefficient (Wildman–Crippen LogP) is 3.49. The first kappa shape index (κ1) is 23.1. The van der Waals surface area contributed by atoms with E-state index in [0.29, 0.717) is 35.1 Å². The first-order valence-corrected chi connectivity index (χ1v) is 11.2. The van der Waals surface area contributed by atoms with Crippen LogP contribution in [-0.2, 0) is 0 Å². The number of nitrogens with zero attached hydrogens (tertiary/aromatic N) is 4. The van der Waals surface area contributed by atoms with Crippen LogP contribution in [0.25, 0.3) is 17.2 Å². The Bertz CT molecular complexity index is 1200. The number of nitrogens with two attached hydrogens (primary N) is 1. The standard InChI is InChI=1S/C26H28N6O2/c1-3-22(19-10-12-21(13-11-19)26(33)32-16-7-14-28-15-17-32)29-23(18(2)27)25-31-30-24(34-25)20-8-5-4-6-9-20/h3-6,8-13,28H,1,7,14-17,27H2,2H3/b23-18+,29-22?. The summed E-state index contributed by atoms with van der Waals surface area (Å²) in [6.45, 7) is 8.83. The van der Waals surface area contributed by atoms with Crippen molar-refractivity contribution in [2.75, 3.05) is 26.2 Å². The second kappa shape index (κ2) is 10.7. The zero-order valence-corrected chi connectivity index (χ0v) is 19.2. The van der Waals surface area contributed by atoms with Gasteiger partial charge in [-0.15, -0.1) is 10.2 Å². The van der Waals surface area contributed by atoms with Gasteiger partial charge in [-0.2, -0.15) is 0 Å². The minimum absolute atomic E-state index is 0.0324. The highest BCUT2D eigenvalue weighted by molar-refractivity contribution is 6.11. The third-order valence-electron chi connectivity index (χ3n) is 5.50. The monoisotopic (exact) mass is 456 g/mol. The molecule has 0 unspecified atom stereocenters. The molecular weight excluding hydrogens is 428 g/mol. The first-order valence-electron chi connectivity index (χ1n) is 11.2. The minimum Gasteiger partial charge on any atom is -0.415 e. The maximum absolute atomic E-state index is 12.9. The van der Waals surface area contributed by atoms with Crippen LogP contribution in [0, 0.1) is 0 Å². The number of carbonyl (C=O) groups excluding carboxylic acids is 1. The van der Waals surface area contributed by atoms with Crippen LogP contribution < -0.4 is 11.1 Å². The van der Waals surface area contributed by atoms with Gasteiger partial charge in [0.25, 0.3) is 11.8 Å². The summed E-state index contributed by atoms with van der Waals surface area (Å²) < 4.78 is 5.85. The second-order valence-electron chi connectivity index (χ2n) is 7.98. The van der Waals surface area contributed by atoms with E-state index in [-0.39, 0.29) is 11.8 Å². The van der Waals surface area contributed by atoms with Crippen molar-refractivity contribution in [2.24, 2.45) is 10.7 Å². The lowest BCUT2D eigenvalue weighted by Gasteiger charge is -2.20. The maximum Gasteiger partial charge on any atom is 0.268 e. The summed E-state index contributed by atoms with van der Waals surface area (Å²) in [5, 5.41) is 11.6. The number of nitrogens with one attached hydrogen (secondary N) is 1. The number of hydrogen-bond acceptors (Lipinski definition) is 7. The van der Waals surface area contributed by atoms with Gasteiger partial charge in [0.1, 0.15) is 5.70 Å². The number of rotatable bonds is 6. The number of amides is 1. The van der Waals surface area contributed by atoms with Gasteiger partial charge >= 0.3 is 0 Å². The van der Waals surface area contributed by atoms with Crippen molar-refractivity contribution in [3.8, 4) is 11.5 Å². The van der Waals surface area contributed by atoms with Crippen molar-refractivity contribution in [2.45, 2.75) is 13.3 Å². The van der Waals surface area contributed by atoms with Crippen molar-refractivity contribution in [1.29, 1.82) is 0 Å². The van der Waals surface area contributed by atoms with Gasteiger partial charge in [-0.1, -0.05) is 36.9 Å². The van der Waals surface area contributed by atoms with E-state index < -0.39 is 0 Å². The largest absolute Gasteiger partial charge is 0.415 e. The Kier molecular flexibility index (Phi) is 7.29. The van der Waals surface area contributed by atoms with E-state index in [0.717, 1.165) is 37.2 Å². The van der Waals surface area contributed by atoms with Crippen LogP contribution in [0.5, 0.6) is 0 Å². The first-order chi connectivity index (χ1) is 16.6. The van der Waals surface area contributed by atoms with E-state index in [9.17, 15) is 4.79 Å². The topological polar surface area (TPSA) is 110 Å². The fraction of sp³-hybridized carbons (Fsp3) is 0.231. The fourth-order valence-electron chi connectivity index (χ4n) is 3.68. The van der Waals surface area contributed by atoms with Crippen molar-refractivity contribution >= 4 is 17.3 Å². The molecule has 3 aromatic rings. The molecule has 1 aliphatic heterocycles. The molecule has 0 radical (unpaired) electrons. The van der Waals surface area contributed by atoms with Crippen LogP contribution in [0.1, 0.15) is 35.2 Å². The average Bonchev–Trinajstić information content (AvgIpc) is 3.19. The van der Waals surface area contributed by atoms with E-state index in [1.807, 2.05) is 59.5 Å². The Morgan fingerprint density at radius 2 is 1.82 bits per heavy atom. The van der Waals surface area contributed by atoms with Crippen LogP contribution >= 0.6 is 0 Å². The molecule has 0 saturated carbocycles. The van der Waals surface area contributed by atoms with Crippen molar-refractivity contribution in [1.82, 2.24) is 20.4 Å². The second-order valence-corrected chi connectivity index (χ2v) is 7.98. The SMILES string of the molecule is C=CC(=N/C(=C(\C)N)c1nnc(-c2ccccc2)o1)c1ccc(C(=O)N2CCCNCC2)cc1. The van der Waals surface area contributed by atoms with Gasteiger partial charge in [0.05, 0.1) is 5.71 Å². The maximum atomic E-state index is 12.9. The van der Waals surface area contributed by atoms with E-state index in [1.54, 1.807) is 13.0 Å².